The molecule has 0 aromatic heterocycles. The van der Waals surface area contributed by atoms with Crippen LogP contribution in [0.3, 0.4) is 0 Å². The van der Waals surface area contributed by atoms with Gasteiger partial charge >= 0.3 is 16.3 Å². The number of unbranched alkanes of at least 4 members (excludes halogenated alkanes) is 4. The Morgan fingerprint density at radius 2 is 1.35 bits per heavy atom. The number of nitrogens with zero attached hydrogens (tertiary/aromatic N) is 1. The minimum absolute atomic E-state index is 0.0567. The highest BCUT2D eigenvalue weighted by molar-refractivity contribution is 7.85. The molecular formula is C23H55N2O7SSi4+. The van der Waals surface area contributed by atoms with Crippen LogP contribution in [0.4, 0.5) is 0 Å². The number of quaternary nitrogens is 1. The van der Waals surface area contributed by atoms with E-state index in [0.717, 1.165) is 49.7 Å². The normalized spacial score (nSPS) is 13.6. The Hall–Kier alpha value is -0.0725. The Labute approximate surface area is 231 Å². The van der Waals surface area contributed by atoms with Crippen LogP contribution in [-0.4, -0.2) is 95.8 Å². The van der Waals surface area contributed by atoms with Gasteiger partial charge in [0.1, 0.15) is 0 Å². The van der Waals surface area contributed by atoms with Crippen molar-refractivity contribution in [3.8, 4) is 0 Å². The Morgan fingerprint density at radius 3 is 1.78 bits per heavy atom. The third kappa shape index (κ3) is 20.5. The first-order chi connectivity index (χ1) is 16.7. The van der Waals surface area contributed by atoms with E-state index in [1.54, 1.807) is 6.55 Å². The molecule has 0 aliphatic rings. The molecule has 0 aliphatic heterocycles. The van der Waals surface area contributed by atoms with Crippen molar-refractivity contribution in [1.29, 1.82) is 0 Å². The van der Waals surface area contributed by atoms with Crippen molar-refractivity contribution in [1.82, 2.24) is 5.32 Å². The van der Waals surface area contributed by atoms with Crippen LogP contribution in [0.1, 0.15) is 51.4 Å². The van der Waals surface area contributed by atoms with Gasteiger partial charge in [0, 0.05) is 13.0 Å². The second kappa shape index (κ2) is 16.3. The van der Waals surface area contributed by atoms with Crippen LogP contribution in [0, 0.1) is 0 Å². The van der Waals surface area contributed by atoms with E-state index in [4.69, 9.17) is 12.8 Å². The maximum Gasteiger partial charge on any atom is 0.364 e. The lowest BCUT2D eigenvalue weighted by atomic mass is 10.1. The molecule has 0 aliphatic carbocycles. The summed E-state index contributed by atoms with van der Waals surface area (Å²) in [5.74, 6) is -0.107. The number of carbonyl (C=O) groups is 1. The van der Waals surface area contributed by atoms with Crippen molar-refractivity contribution in [2.24, 2.45) is 0 Å². The predicted octanol–water partition coefficient (Wildman–Crippen LogP) is 4.46. The van der Waals surface area contributed by atoms with E-state index < -0.39 is 43.0 Å². The molecule has 220 valence electrons. The Balaban J connectivity index is 4.32. The molecule has 0 rings (SSSR count). The lowest BCUT2D eigenvalue weighted by Crippen LogP contribution is -2.60. The molecule has 0 unspecified atom stereocenters. The van der Waals surface area contributed by atoms with E-state index in [1.807, 2.05) is 0 Å². The van der Waals surface area contributed by atoms with Crippen LogP contribution in [0.25, 0.3) is 0 Å². The van der Waals surface area contributed by atoms with E-state index in [1.165, 1.54) is 0 Å². The number of carbonyl (C=O) groups excluding carboxylic acids is 1. The summed E-state index contributed by atoms with van der Waals surface area (Å²) in [5, 5.41) is 3.02. The van der Waals surface area contributed by atoms with Crippen LogP contribution in [0.5, 0.6) is 0 Å². The highest BCUT2D eigenvalue weighted by atomic mass is 32.2. The molecule has 1 amide bonds. The predicted molar refractivity (Wildman–Crippen MR) is 160 cm³/mol. The zero-order chi connectivity index (χ0) is 29.0. The molecule has 0 atom stereocenters. The molecule has 0 aromatic carbocycles. The highest BCUT2D eigenvalue weighted by Gasteiger charge is 2.49. The molecule has 0 radical (unpaired) electrons. The number of amides is 1. The number of hydrogen-bond acceptors (Lipinski definition) is 6. The molecule has 37 heavy (non-hydrogen) atoms. The molecule has 0 bridgehead atoms. The van der Waals surface area contributed by atoms with E-state index in [-0.39, 0.29) is 11.7 Å². The van der Waals surface area contributed by atoms with Crippen molar-refractivity contribution in [3.63, 3.8) is 0 Å². The van der Waals surface area contributed by atoms with Gasteiger partial charge in [0.25, 0.3) is 10.1 Å². The Morgan fingerprint density at radius 1 is 0.865 bits per heavy atom. The summed E-state index contributed by atoms with van der Waals surface area (Å²) < 4.78 is 57.1. The van der Waals surface area contributed by atoms with Crippen LogP contribution >= 0.6 is 0 Å². The van der Waals surface area contributed by atoms with Gasteiger partial charge in [-0.15, -0.1) is 0 Å². The minimum atomic E-state index is -3.85. The van der Waals surface area contributed by atoms with Gasteiger partial charge in [-0.1, -0.05) is 0 Å². The van der Waals surface area contributed by atoms with Gasteiger partial charge < -0.3 is 22.5 Å². The fraction of sp³-hybridized carbons (Fsp3) is 0.957. The molecule has 0 heterocycles. The topological polar surface area (TPSA) is 119 Å². The zero-order valence-electron chi connectivity index (χ0n) is 24.9. The third-order valence-electron chi connectivity index (χ3n) is 5.82. The van der Waals surface area contributed by atoms with Crippen LogP contribution in [-0.2, 0) is 27.6 Å². The SMILES string of the molecule is C[Si](=O)[Si](CCCNC(=O)CCCCC[N+](C)(C)CCCCCS(=O)(=O)O)(O[Si](C)(C)C)O[Si](C)(C)C. The number of hydrogen-bond donors (Lipinski definition) is 2. The smallest absolute Gasteiger partial charge is 0.364 e. The van der Waals surface area contributed by atoms with Crippen LogP contribution in [0.15, 0.2) is 0 Å². The monoisotopic (exact) mass is 615 g/mol. The molecule has 14 heteroatoms. The minimum Gasteiger partial charge on any atom is -0.435 e. The van der Waals surface area contributed by atoms with Gasteiger partial charge in [0.2, 0.25) is 5.91 Å². The summed E-state index contributed by atoms with van der Waals surface area (Å²) in [6.07, 6.45) is 6.29. The number of nitrogens with one attached hydrogen (secondary N) is 1. The highest BCUT2D eigenvalue weighted by Crippen LogP contribution is 2.26. The van der Waals surface area contributed by atoms with E-state index in [0.29, 0.717) is 31.9 Å². The Kier molecular flexibility index (Phi) is 16.2. The van der Waals surface area contributed by atoms with Crippen molar-refractivity contribution >= 4 is 48.9 Å². The van der Waals surface area contributed by atoms with Crippen LogP contribution < -0.4 is 5.32 Å². The maximum absolute atomic E-state index is 12.9. The van der Waals surface area contributed by atoms with Gasteiger partial charge in [-0.25, -0.2) is 0 Å². The first-order valence-electron chi connectivity index (χ1n) is 13.6. The zero-order valence-corrected chi connectivity index (χ0v) is 29.8. The lowest BCUT2D eigenvalue weighted by molar-refractivity contribution is -0.890. The van der Waals surface area contributed by atoms with Crippen molar-refractivity contribution in [2.45, 2.75) is 103 Å². The van der Waals surface area contributed by atoms with Gasteiger partial charge in [-0.05, 0) is 96.8 Å². The first kappa shape index (κ1) is 36.9. The van der Waals surface area contributed by atoms with Crippen molar-refractivity contribution in [2.75, 3.05) is 39.5 Å². The molecule has 0 saturated carbocycles. The maximum atomic E-state index is 12.9. The molecule has 0 aromatic rings. The average Bonchev–Trinajstić information content (AvgIpc) is 2.67. The molecule has 9 nitrogen and oxygen atoms in total. The summed E-state index contributed by atoms with van der Waals surface area (Å²) in [6.45, 7) is 17.0. The van der Waals surface area contributed by atoms with Gasteiger partial charge in [0.15, 0.2) is 16.6 Å². The van der Waals surface area contributed by atoms with Gasteiger partial charge in [0.05, 0.1) is 32.9 Å². The second-order valence-electron chi connectivity index (χ2n) is 12.7. The molecule has 2 N–H and O–H groups in total. The molecule has 0 saturated heterocycles. The van der Waals surface area contributed by atoms with Gasteiger partial charge in [-0.2, -0.15) is 8.42 Å². The van der Waals surface area contributed by atoms with Crippen molar-refractivity contribution < 1.29 is 34.9 Å². The fourth-order valence-electron chi connectivity index (χ4n) is 4.18. The first-order valence-corrected chi connectivity index (χ1v) is 27.0. The van der Waals surface area contributed by atoms with Crippen LogP contribution in [0.2, 0.25) is 51.9 Å². The van der Waals surface area contributed by atoms with Crippen molar-refractivity contribution in [3.05, 3.63) is 0 Å². The Bertz CT molecular complexity index is 797. The lowest BCUT2D eigenvalue weighted by Gasteiger charge is -2.39. The quantitative estimate of drug-likeness (QED) is 0.0847. The van der Waals surface area contributed by atoms with E-state index in [2.05, 4.69) is 58.7 Å². The molecule has 0 fully saturated rings. The summed E-state index contributed by atoms with van der Waals surface area (Å²) in [5.41, 5.74) is 0. The van der Waals surface area contributed by atoms with E-state index >= 15 is 0 Å². The average molecular weight is 616 g/mol. The second-order valence-corrected chi connectivity index (χ2v) is 31.9. The van der Waals surface area contributed by atoms with Gasteiger partial charge in [-0.3, -0.25) is 9.35 Å². The number of rotatable bonds is 21. The van der Waals surface area contributed by atoms with E-state index in [9.17, 15) is 17.7 Å². The third-order valence-corrected chi connectivity index (χ3v) is 22.0. The standard InChI is InChI=1S/C23H54N2O7SSi4/c1-25(2,20-14-11-15-21-33(27,28)29)19-13-10-12-17-23(26)24-18-16-22-37(34(3)30,31-35(4,5)6)32-36(7,8)9/h10-22H2,1-9H3,(H-,24,26,27,28,29)/p+1. The summed E-state index contributed by atoms with van der Waals surface area (Å²) >= 11 is 0. The summed E-state index contributed by atoms with van der Waals surface area (Å²) in [6, 6.07) is 0.652. The largest absolute Gasteiger partial charge is 0.435 e. The summed E-state index contributed by atoms with van der Waals surface area (Å²) in [7, 11) is -8.17. The molecule has 0 spiro atoms. The summed E-state index contributed by atoms with van der Waals surface area (Å²) in [4.78, 5) is 12.3. The molecular weight excluding hydrogens is 561 g/mol. The fourth-order valence-corrected chi connectivity index (χ4v) is 25.9.